The Morgan fingerprint density at radius 1 is 1.54 bits per heavy atom. The molecule has 4 rings (SSSR count). The predicted octanol–water partition coefficient (Wildman–Crippen LogP) is 1.10. The fraction of sp³-hybridized carbons (Fsp3) is 0.444. The van der Waals surface area contributed by atoms with Crippen LogP contribution in [-0.4, -0.2) is 58.5 Å². The van der Waals surface area contributed by atoms with E-state index in [1.807, 2.05) is 18.5 Å². The third kappa shape index (κ3) is 3.44. The van der Waals surface area contributed by atoms with Gasteiger partial charge in [-0.05, 0) is 25.0 Å². The molecule has 2 aliphatic heterocycles. The van der Waals surface area contributed by atoms with Crippen molar-refractivity contribution in [1.29, 1.82) is 0 Å². The lowest BCUT2D eigenvalue weighted by atomic mass is 10.2. The quantitative estimate of drug-likeness (QED) is 0.642. The standard InChI is InChI=1S/C18H23N5O2S/c1-11-7-21-17-16(11)14(2-3-19-17)23-4-5-26-15(10-23)18(25)22-8-12-6-13(24)9-20-12/h2-3,7,10,12-13,20,24H,4-6,8-9H2,1H3,(H,19,21)(H,22,25)/t12-,13-/m0/s1. The summed E-state index contributed by atoms with van der Waals surface area (Å²) in [5.41, 5.74) is 3.08. The first-order valence-electron chi connectivity index (χ1n) is 8.85. The Bertz CT molecular complexity index is 849. The van der Waals surface area contributed by atoms with Crippen molar-refractivity contribution in [2.24, 2.45) is 0 Å². The van der Waals surface area contributed by atoms with Gasteiger partial charge in [-0.15, -0.1) is 11.8 Å². The van der Waals surface area contributed by atoms with Gasteiger partial charge in [0, 0.05) is 55.4 Å². The van der Waals surface area contributed by atoms with E-state index in [4.69, 9.17) is 0 Å². The van der Waals surface area contributed by atoms with Crippen molar-refractivity contribution in [2.75, 3.05) is 30.3 Å². The number of aliphatic hydroxyl groups excluding tert-OH is 1. The molecule has 7 nitrogen and oxygen atoms in total. The first kappa shape index (κ1) is 17.4. The number of anilines is 1. The fourth-order valence-corrected chi connectivity index (χ4v) is 4.42. The summed E-state index contributed by atoms with van der Waals surface area (Å²) in [4.78, 5) is 23.0. The van der Waals surface area contributed by atoms with Gasteiger partial charge in [-0.1, -0.05) is 0 Å². The lowest BCUT2D eigenvalue weighted by Gasteiger charge is -2.27. The number of thioether (sulfide) groups is 1. The van der Waals surface area contributed by atoms with Gasteiger partial charge in [0.05, 0.1) is 16.7 Å². The van der Waals surface area contributed by atoms with Crippen molar-refractivity contribution in [3.63, 3.8) is 0 Å². The smallest absolute Gasteiger partial charge is 0.259 e. The van der Waals surface area contributed by atoms with Crippen LogP contribution in [0.1, 0.15) is 12.0 Å². The number of nitrogens with zero attached hydrogens (tertiary/aromatic N) is 2. The van der Waals surface area contributed by atoms with Crippen molar-refractivity contribution in [2.45, 2.75) is 25.5 Å². The summed E-state index contributed by atoms with van der Waals surface area (Å²) in [7, 11) is 0. The van der Waals surface area contributed by atoms with Gasteiger partial charge in [0.2, 0.25) is 0 Å². The first-order chi connectivity index (χ1) is 12.6. The highest BCUT2D eigenvalue weighted by Crippen LogP contribution is 2.32. The number of β-amino-alcohol motifs (C(OH)–C–C–N with tert-alkyl or cyclic N) is 1. The van der Waals surface area contributed by atoms with Crippen LogP contribution >= 0.6 is 11.8 Å². The van der Waals surface area contributed by atoms with Crippen LogP contribution < -0.4 is 15.5 Å². The van der Waals surface area contributed by atoms with E-state index >= 15 is 0 Å². The SMILES string of the molecule is Cc1c[nH]c2nccc(N3C=C(C(=O)NC[C@@H]4C[C@H](O)CN4)SCC3)c12. The van der Waals surface area contributed by atoms with Gasteiger partial charge in [-0.25, -0.2) is 4.98 Å². The molecule has 2 aromatic rings. The van der Waals surface area contributed by atoms with E-state index in [9.17, 15) is 9.90 Å². The minimum Gasteiger partial charge on any atom is -0.392 e. The maximum Gasteiger partial charge on any atom is 0.259 e. The number of aliphatic hydroxyl groups is 1. The zero-order valence-corrected chi connectivity index (χ0v) is 15.5. The van der Waals surface area contributed by atoms with Crippen molar-refractivity contribution in [1.82, 2.24) is 20.6 Å². The topological polar surface area (TPSA) is 93.3 Å². The van der Waals surface area contributed by atoms with Crippen LogP contribution in [0.2, 0.25) is 0 Å². The van der Waals surface area contributed by atoms with E-state index in [1.165, 1.54) is 0 Å². The highest BCUT2D eigenvalue weighted by molar-refractivity contribution is 8.04. The van der Waals surface area contributed by atoms with Crippen LogP contribution in [0.5, 0.6) is 0 Å². The Hall–Kier alpha value is -2.03. The molecule has 0 spiro atoms. The van der Waals surface area contributed by atoms with Gasteiger partial charge >= 0.3 is 0 Å². The lowest BCUT2D eigenvalue weighted by molar-refractivity contribution is -0.116. The van der Waals surface area contributed by atoms with Gasteiger partial charge in [0.25, 0.3) is 5.91 Å². The van der Waals surface area contributed by atoms with Crippen LogP contribution in [0.15, 0.2) is 29.6 Å². The van der Waals surface area contributed by atoms with Crippen LogP contribution in [-0.2, 0) is 4.79 Å². The Morgan fingerprint density at radius 2 is 2.42 bits per heavy atom. The molecule has 0 aromatic carbocycles. The van der Waals surface area contributed by atoms with Crippen molar-refractivity contribution in [3.05, 3.63) is 35.1 Å². The number of amides is 1. The second kappa shape index (κ2) is 7.30. The third-order valence-electron chi connectivity index (χ3n) is 4.85. The number of aromatic nitrogens is 2. The number of hydrogen-bond acceptors (Lipinski definition) is 6. The average molecular weight is 373 g/mol. The highest BCUT2D eigenvalue weighted by Gasteiger charge is 2.24. The monoisotopic (exact) mass is 373 g/mol. The molecule has 2 aliphatic rings. The number of pyridine rings is 1. The third-order valence-corrected chi connectivity index (χ3v) is 5.84. The number of carbonyl (C=O) groups is 1. The van der Waals surface area contributed by atoms with Crippen LogP contribution in [0, 0.1) is 6.92 Å². The molecule has 1 saturated heterocycles. The summed E-state index contributed by atoms with van der Waals surface area (Å²) < 4.78 is 0. The van der Waals surface area contributed by atoms with Crippen molar-refractivity contribution in [3.8, 4) is 0 Å². The van der Waals surface area contributed by atoms with Crippen molar-refractivity contribution < 1.29 is 9.90 Å². The number of carbonyl (C=O) groups excluding carboxylic acids is 1. The number of fused-ring (bicyclic) bond motifs is 1. The molecule has 1 fully saturated rings. The number of H-pyrrole nitrogens is 1. The van der Waals surface area contributed by atoms with Gasteiger partial charge in [-0.3, -0.25) is 4.79 Å². The van der Waals surface area contributed by atoms with Gasteiger partial charge in [0.15, 0.2) is 0 Å². The van der Waals surface area contributed by atoms with Crippen LogP contribution in [0.25, 0.3) is 11.0 Å². The Balaban J connectivity index is 1.50. The molecule has 2 atom stereocenters. The van der Waals surface area contributed by atoms with E-state index in [2.05, 4.69) is 32.4 Å². The molecule has 4 N–H and O–H groups in total. The summed E-state index contributed by atoms with van der Waals surface area (Å²) in [5.74, 6) is 0.798. The predicted molar refractivity (Wildman–Crippen MR) is 104 cm³/mol. The molecule has 2 aromatic heterocycles. The molecule has 8 heteroatoms. The van der Waals surface area contributed by atoms with E-state index in [-0.39, 0.29) is 18.1 Å². The minimum absolute atomic E-state index is 0.0565. The molecule has 138 valence electrons. The van der Waals surface area contributed by atoms with E-state index in [1.54, 1.807) is 18.0 Å². The molecular weight excluding hydrogens is 350 g/mol. The Morgan fingerprint density at radius 3 is 3.23 bits per heavy atom. The van der Waals surface area contributed by atoms with Crippen LogP contribution in [0.3, 0.4) is 0 Å². The highest BCUT2D eigenvalue weighted by atomic mass is 32.2. The van der Waals surface area contributed by atoms with Crippen molar-refractivity contribution >= 4 is 34.4 Å². The largest absolute Gasteiger partial charge is 0.392 e. The summed E-state index contributed by atoms with van der Waals surface area (Å²) >= 11 is 1.58. The Labute approximate surface area is 156 Å². The average Bonchev–Trinajstić information content (AvgIpc) is 3.25. The summed E-state index contributed by atoms with van der Waals surface area (Å²) in [6.45, 7) is 4.04. The molecule has 0 saturated carbocycles. The van der Waals surface area contributed by atoms with E-state index < -0.39 is 0 Å². The molecule has 0 bridgehead atoms. The fourth-order valence-electron chi connectivity index (χ4n) is 3.51. The zero-order valence-electron chi connectivity index (χ0n) is 14.7. The second-order valence-corrected chi connectivity index (χ2v) is 7.90. The lowest BCUT2D eigenvalue weighted by Crippen LogP contribution is -2.38. The van der Waals surface area contributed by atoms with Gasteiger partial charge in [0.1, 0.15) is 5.65 Å². The van der Waals surface area contributed by atoms with Gasteiger partial charge < -0.3 is 25.6 Å². The summed E-state index contributed by atoms with van der Waals surface area (Å²) in [6.07, 6.45) is 6.05. The van der Waals surface area contributed by atoms with E-state index in [0.717, 1.165) is 34.6 Å². The molecule has 0 radical (unpaired) electrons. The molecule has 4 heterocycles. The molecule has 1 amide bonds. The summed E-state index contributed by atoms with van der Waals surface area (Å²) in [5, 5.41) is 16.9. The van der Waals surface area contributed by atoms with E-state index in [0.29, 0.717) is 24.4 Å². The second-order valence-electron chi connectivity index (χ2n) is 6.77. The maximum atomic E-state index is 12.6. The Kier molecular flexibility index (Phi) is 4.88. The molecule has 26 heavy (non-hydrogen) atoms. The van der Waals surface area contributed by atoms with Gasteiger partial charge in [-0.2, -0.15) is 0 Å². The minimum atomic E-state index is -0.311. The number of hydrogen-bond donors (Lipinski definition) is 4. The number of aryl methyl sites for hydroxylation is 1. The van der Waals surface area contributed by atoms with Crippen LogP contribution in [0.4, 0.5) is 5.69 Å². The number of rotatable bonds is 4. The summed E-state index contributed by atoms with van der Waals surface area (Å²) in [6, 6.07) is 2.14. The molecular formula is C18H23N5O2S. The normalized spacial score (nSPS) is 23.3. The maximum absolute atomic E-state index is 12.6. The molecule has 0 aliphatic carbocycles. The molecule has 0 unspecified atom stereocenters. The first-order valence-corrected chi connectivity index (χ1v) is 9.84. The number of nitrogens with one attached hydrogen (secondary N) is 3. The zero-order chi connectivity index (χ0) is 18.1. The number of aromatic amines is 1.